The van der Waals surface area contributed by atoms with E-state index in [4.69, 9.17) is 22.4 Å². The van der Waals surface area contributed by atoms with Gasteiger partial charge in [0.15, 0.2) is 0 Å². The van der Waals surface area contributed by atoms with Crippen LogP contribution in [0.25, 0.3) is 0 Å². The van der Waals surface area contributed by atoms with E-state index < -0.39 is 12.2 Å². The average molecular weight is 218 g/mol. The number of phenolic OH excluding ortho intramolecular Hbond substituents is 1. The highest BCUT2D eigenvalue weighted by molar-refractivity contribution is 6.31. The van der Waals surface area contributed by atoms with Gasteiger partial charge in [0.2, 0.25) is 0 Å². The van der Waals surface area contributed by atoms with E-state index in [1.807, 2.05) is 0 Å². The Labute approximate surface area is 86.6 Å². The number of halogens is 1. The van der Waals surface area contributed by atoms with Crippen LogP contribution in [0.5, 0.6) is 5.75 Å². The minimum Gasteiger partial charge on any atom is -0.508 e. The highest BCUT2D eigenvalue weighted by atomic mass is 35.5. The molecule has 14 heavy (non-hydrogen) atoms. The highest BCUT2D eigenvalue weighted by Crippen LogP contribution is 2.28. The summed E-state index contributed by atoms with van der Waals surface area (Å²) in [4.78, 5) is 0. The third kappa shape index (κ3) is 2.36. The van der Waals surface area contributed by atoms with Gasteiger partial charge in [-0.15, -0.1) is 0 Å². The summed E-state index contributed by atoms with van der Waals surface area (Å²) >= 11 is 5.77. The van der Waals surface area contributed by atoms with E-state index in [-0.39, 0.29) is 22.9 Å². The number of aliphatic hydroxyl groups is 2. The van der Waals surface area contributed by atoms with Crippen molar-refractivity contribution in [1.82, 2.24) is 0 Å². The van der Waals surface area contributed by atoms with E-state index in [2.05, 4.69) is 0 Å². The minimum atomic E-state index is -1.18. The van der Waals surface area contributed by atoms with Gasteiger partial charge in [-0.1, -0.05) is 11.6 Å². The van der Waals surface area contributed by atoms with Gasteiger partial charge in [-0.2, -0.15) is 0 Å². The Hall–Kier alpha value is -0.810. The van der Waals surface area contributed by atoms with E-state index in [1.165, 1.54) is 18.2 Å². The summed E-state index contributed by atoms with van der Waals surface area (Å²) in [7, 11) is 0. The number of aromatic hydroxyl groups is 1. The summed E-state index contributed by atoms with van der Waals surface area (Å²) in [5.41, 5.74) is 5.45. The van der Waals surface area contributed by atoms with E-state index in [9.17, 15) is 10.2 Å². The SMILES string of the molecule is NCC(O)C(O)c1cc(O)ccc1Cl. The molecule has 0 saturated carbocycles. The Bertz CT molecular complexity index is 319. The number of nitrogens with two attached hydrogens (primary N) is 1. The molecule has 78 valence electrons. The van der Waals surface area contributed by atoms with Crippen LogP contribution in [0.2, 0.25) is 5.02 Å². The molecule has 0 bridgehead atoms. The molecule has 2 atom stereocenters. The molecule has 1 aromatic rings. The lowest BCUT2D eigenvalue weighted by Gasteiger charge is -2.17. The lowest BCUT2D eigenvalue weighted by Crippen LogP contribution is -2.27. The number of aliphatic hydroxyl groups excluding tert-OH is 2. The fourth-order valence-corrected chi connectivity index (χ4v) is 1.32. The first-order valence-electron chi connectivity index (χ1n) is 4.11. The fraction of sp³-hybridized carbons (Fsp3) is 0.333. The van der Waals surface area contributed by atoms with E-state index in [0.29, 0.717) is 0 Å². The molecule has 0 aliphatic carbocycles. The van der Waals surface area contributed by atoms with Crippen molar-refractivity contribution in [2.75, 3.05) is 6.54 Å². The molecule has 0 aliphatic heterocycles. The molecule has 0 fully saturated rings. The lowest BCUT2D eigenvalue weighted by molar-refractivity contribution is 0.0243. The van der Waals surface area contributed by atoms with Crippen LogP contribution in [-0.2, 0) is 0 Å². The lowest BCUT2D eigenvalue weighted by atomic mass is 10.0. The molecule has 5 N–H and O–H groups in total. The molecule has 0 radical (unpaired) electrons. The van der Waals surface area contributed by atoms with Crippen LogP contribution in [0.15, 0.2) is 18.2 Å². The number of rotatable bonds is 3. The van der Waals surface area contributed by atoms with Gasteiger partial charge < -0.3 is 21.1 Å². The van der Waals surface area contributed by atoms with Crippen LogP contribution in [0.3, 0.4) is 0 Å². The van der Waals surface area contributed by atoms with Crippen molar-refractivity contribution >= 4 is 11.6 Å². The Morgan fingerprint density at radius 1 is 1.36 bits per heavy atom. The molecule has 0 aliphatic rings. The number of hydrogen-bond donors (Lipinski definition) is 4. The Balaban J connectivity index is 2.99. The topological polar surface area (TPSA) is 86.7 Å². The third-order valence-corrected chi connectivity index (χ3v) is 2.25. The van der Waals surface area contributed by atoms with E-state index in [0.717, 1.165) is 0 Å². The molecule has 0 saturated heterocycles. The minimum absolute atomic E-state index is 0.0207. The standard InChI is InChI=1S/C9H12ClNO3/c10-7-2-1-5(12)3-6(7)9(14)8(13)4-11/h1-3,8-9,12-14H,4,11H2. The normalized spacial score (nSPS) is 15.1. The van der Waals surface area contributed by atoms with Crippen LogP contribution >= 0.6 is 11.6 Å². The second kappa shape index (κ2) is 4.61. The van der Waals surface area contributed by atoms with Crippen molar-refractivity contribution in [1.29, 1.82) is 0 Å². The zero-order valence-corrected chi connectivity index (χ0v) is 8.15. The van der Waals surface area contributed by atoms with Gasteiger partial charge >= 0.3 is 0 Å². The van der Waals surface area contributed by atoms with Gasteiger partial charge in [0, 0.05) is 17.1 Å². The zero-order chi connectivity index (χ0) is 10.7. The summed E-state index contributed by atoms with van der Waals surface area (Å²) in [5.74, 6) is -0.0207. The number of hydrogen-bond acceptors (Lipinski definition) is 4. The van der Waals surface area contributed by atoms with Gasteiger partial charge in [0.05, 0.1) is 6.10 Å². The van der Waals surface area contributed by atoms with Crippen molar-refractivity contribution in [2.45, 2.75) is 12.2 Å². The highest BCUT2D eigenvalue weighted by Gasteiger charge is 2.19. The molecular formula is C9H12ClNO3. The molecule has 0 aromatic heterocycles. The van der Waals surface area contributed by atoms with Crippen molar-refractivity contribution in [3.63, 3.8) is 0 Å². The molecule has 0 amide bonds. The van der Waals surface area contributed by atoms with Crippen molar-refractivity contribution in [3.05, 3.63) is 28.8 Å². The Morgan fingerprint density at radius 3 is 2.57 bits per heavy atom. The smallest absolute Gasteiger partial charge is 0.116 e. The van der Waals surface area contributed by atoms with Gasteiger partial charge in [0.1, 0.15) is 11.9 Å². The third-order valence-electron chi connectivity index (χ3n) is 1.90. The van der Waals surface area contributed by atoms with Crippen LogP contribution < -0.4 is 5.73 Å². The average Bonchev–Trinajstić information content (AvgIpc) is 2.19. The maximum absolute atomic E-state index is 9.57. The molecule has 4 nitrogen and oxygen atoms in total. The Kier molecular flexibility index (Phi) is 3.71. The molecule has 1 rings (SSSR count). The largest absolute Gasteiger partial charge is 0.508 e. The molecule has 1 aromatic carbocycles. The summed E-state index contributed by atoms with van der Waals surface area (Å²) in [6, 6.07) is 4.14. The second-order valence-electron chi connectivity index (χ2n) is 2.95. The van der Waals surface area contributed by atoms with Crippen LogP contribution in [0.4, 0.5) is 0 Å². The predicted octanol–water partition coefficient (Wildman–Crippen LogP) is 0.399. The van der Waals surface area contributed by atoms with Crippen molar-refractivity contribution in [3.8, 4) is 5.75 Å². The summed E-state index contributed by atoms with van der Waals surface area (Å²) in [5, 5.41) is 28.3. The maximum atomic E-state index is 9.57. The summed E-state index contributed by atoms with van der Waals surface area (Å²) < 4.78 is 0. The predicted molar refractivity (Wildman–Crippen MR) is 53.1 cm³/mol. The molecule has 5 heteroatoms. The van der Waals surface area contributed by atoms with E-state index in [1.54, 1.807) is 0 Å². The quantitative estimate of drug-likeness (QED) is 0.590. The van der Waals surface area contributed by atoms with Crippen LogP contribution in [-0.4, -0.2) is 28.0 Å². The number of phenols is 1. The fourth-order valence-electron chi connectivity index (χ4n) is 1.09. The van der Waals surface area contributed by atoms with Gasteiger partial charge in [-0.25, -0.2) is 0 Å². The van der Waals surface area contributed by atoms with Crippen LogP contribution in [0.1, 0.15) is 11.7 Å². The van der Waals surface area contributed by atoms with Crippen molar-refractivity contribution in [2.24, 2.45) is 5.73 Å². The van der Waals surface area contributed by atoms with Crippen LogP contribution in [0, 0.1) is 0 Å². The molecule has 0 heterocycles. The molecule has 2 unspecified atom stereocenters. The first-order chi connectivity index (χ1) is 6.56. The van der Waals surface area contributed by atoms with Gasteiger partial charge in [-0.3, -0.25) is 0 Å². The van der Waals surface area contributed by atoms with Gasteiger partial charge in [-0.05, 0) is 18.2 Å². The van der Waals surface area contributed by atoms with E-state index >= 15 is 0 Å². The summed E-state index contributed by atoms with van der Waals surface area (Å²) in [6.07, 6.45) is -2.27. The number of benzene rings is 1. The zero-order valence-electron chi connectivity index (χ0n) is 7.39. The van der Waals surface area contributed by atoms with Gasteiger partial charge in [0.25, 0.3) is 0 Å². The summed E-state index contributed by atoms with van der Waals surface area (Å²) in [6.45, 7) is -0.0762. The molecular weight excluding hydrogens is 206 g/mol. The first kappa shape index (κ1) is 11.3. The monoisotopic (exact) mass is 217 g/mol. The second-order valence-corrected chi connectivity index (χ2v) is 3.36. The molecule has 0 spiro atoms. The Morgan fingerprint density at radius 2 is 2.00 bits per heavy atom. The van der Waals surface area contributed by atoms with Crippen molar-refractivity contribution < 1.29 is 15.3 Å². The first-order valence-corrected chi connectivity index (χ1v) is 4.48. The maximum Gasteiger partial charge on any atom is 0.116 e.